The van der Waals surface area contributed by atoms with Crippen LogP contribution in [-0.2, 0) is 14.3 Å². The Kier molecular flexibility index (Phi) is 7.58. The second-order valence-electron chi connectivity index (χ2n) is 7.65. The Bertz CT molecular complexity index is 362. The third kappa shape index (κ3) is 4.82. The molecule has 0 N–H and O–H groups in total. The zero-order chi connectivity index (χ0) is 16.6. The molecule has 128 valence electrons. The van der Waals surface area contributed by atoms with Crippen molar-refractivity contribution in [2.75, 3.05) is 6.61 Å². The summed E-state index contributed by atoms with van der Waals surface area (Å²) in [4.78, 5) is 22.2. The van der Waals surface area contributed by atoms with E-state index in [1.807, 2.05) is 6.92 Å². The number of carbonyl (C=O) groups is 2. The van der Waals surface area contributed by atoms with E-state index in [-0.39, 0.29) is 16.8 Å². The highest BCUT2D eigenvalue weighted by molar-refractivity contribution is 5.69. The topological polar surface area (TPSA) is 43.4 Å². The highest BCUT2D eigenvalue weighted by atomic mass is 16.5. The molecule has 0 unspecified atom stereocenters. The van der Waals surface area contributed by atoms with E-state index in [4.69, 9.17) is 4.74 Å². The second-order valence-corrected chi connectivity index (χ2v) is 7.65. The minimum Gasteiger partial charge on any atom is -0.466 e. The monoisotopic (exact) mass is 310 g/mol. The van der Waals surface area contributed by atoms with Crippen LogP contribution in [0.5, 0.6) is 0 Å². The van der Waals surface area contributed by atoms with Gasteiger partial charge in [0.2, 0.25) is 0 Å². The Morgan fingerprint density at radius 1 is 1.18 bits per heavy atom. The fourth-order valence-electron chi connectivity index (χ4n) is 3.97. The average molecular weight is 310 g/mol. The third-order valence-electron chi connectivity index (χ3n) is 6.14. The van der Waals surface area contributed by atoms with Gasteiger partial charge >= 0.3 is 5.97 Å². The summed E-state index contributed by atoms with van der Waals surface area (Å²) < 4.78 is 4.94. The first-order valence-electron chi connectivity index (χ1n) is 8.96. The first kappa shape index (κ1) is 19.2. The van der Waals surface area contributed by atoms with Crippen LogP contribution in [0, 0.1) is 16.7 Å². The maximum Gasteiger partial charge on any atom is 0.305 e. The Balaban J connectivity index is 2.23. The van der Waals surface area contributed by atoms with Crippen LogP contribution in [-0.4, -0.2) is 18.9 Å². The fraction of sp³-hybridized carbons (Fsp3) is 0.895. The van der Waals surface area contributed by atoms with Crippen molar-refractivity contribution in [3.63, 3.8) is 0 Å². The zero-order valence-corrected chi connectivity index (χ0v) is 15.0. The Hall–Kier alpha value is -0.860. The summed E-state index contributed by atoms with van der Waals surface area (Å²) in [6, 6.07) is 0. The van der Waals surface area contributed by atoms with Crippen LogP contribution in [0.4, 0.5) is 0 Å². The van der Waals surface area contributed by atoms with Gasteiger partial charge in [0.05, 0.1) is 6.61 Å². The number of hydrogen-bond acceptors (Lipinski definition) is 3. The van der Waals surface area contributed by atoms with Gasteiger partial charge in [0, 0.05) is 12.8 Å². The lowest BCUT2D eigenvalue weighted by Gasteiger charge is -2.41. The van der Waals surface area contributed by atoms with E-state index in [2.05, 4.69) is 20.8 Å². The molecule has 3 heteroatoms. The molecule has 0 bridgehead atoms. The van der Waals surface area contributed by atoms with Crippen molar-refractivity contribution in [3.8, 4) is 0 Å². The highest BCUT2D eigenvalue weighted by Crippen LogP contribution is 2.58. The van der Waals surface area contributed by atoms with Crippen molar-refractivity contribution in [3.05, 3.63) is 0 Å². The lowest BCUT2D eigenvalue weighted by Crippen LogP contribution is -2.34. The molecule has 1 rings (SSSR count). The van der Waals surface area contributed by atoms with E-state index < -0.39 is 0 Å². The lowest BCUT2D eigenvalue weighted by atomic mass is 9.63. The summed E-state index contributed by atoms with van der Waals surface area (Å²) in [6.45, 7) is 9.29. The molecule has 0 radical (unpaired) electrons. The summed E-state index contributed by atoms with van der Waals surface area (Å²) in [5.74, 6) is 0.659. The van der Waals surface area contributed by atoms with E-state index in [9.17, 15) is 9.59 Å². The van der Waals surface area contributed by atoms with Gasteiger partial charge in [0.1, 0.15) is 6.29 Å². The van der Waals surface area contributed by atoms with Crippen LogP contribution in [0.1, 0.15) is 85.5 Å². The molecule has 2 atom stereocenters. The molecule has 1 fully saturated rings. The molecule has 3 nitrogen and oxygen atoms in total. The van der Waals surface area contributed by atoms with Gasteiger partial charge in [-0.05, 0) is 49.4 Å². The number of aldehydes is 1. The van der Waals surface area contributed by atoms with Crippen LogP contribution in [0.25, 0.3) is 0 Å². The Labute approximate surface area is 136 Å². The number of carbonyl (C=O) groups excluding carboxylic acids is 2. The van der Waals surface area contributed by atoms with Crippen LogP contribution in [0.3, 0.4) is 0 Å². The van der Waals surface area contributed by atoms with Gasteiger partial charge in [-0.25, -0.2) is 0 Å². The maximum atomic E-state index is 11.3. The number of hydrogen-bond donors (Lipinski definition) is 0. The minimum atomic E-state index is -0.0657. The summed E-state index contributed by atoms with van der Waals surface area (Å²) in [7, 11) is 0. The van der Waals surface area contributed by atoms with Gasteiger partial charge in [-0.15, -0.1) is 0 Å². The van der Waals surface area contributed by atoms with Crippen molar-refractivity contribution in [1.29, 1.82) is 0 Å². The first-order valence-corrected chi connectivity index (χ1v) is 8.96. The van der Waals surface area contributed by atoms with Crippen molar-refractivity contribution >= 4 is 12.3 Å². The number of esters is 1. The number of rotatable bonds is 10. The first-order chi connectivity index (χ1) is 10.4. The third-order valence-corrected chi connectivity index (χ3v) is 6.14. The van der Waals surface area contributed by atoms with Crippen LogP contribution in [0.2, 0.25) is 0 Å². The second kappa shape index (κ2) is 8.69. The van der Waals surface area contributed by atoms with E-state index >= 15 is 0 Å². The van der Waals surface area contributed by atoms with E-state index in [0.29, 0.717) is 19.4 Å². The van der Waals surface area contributed by atoms with Gasteiger partial charge in [0.15, 0.2) is 0 Å². The zero-order valence-electron chi connectivity index (χ0n) is 15.0. The van der Waals surface area contributed by atoms with Crippen LogP contribution < -0.4 is 0 Å². The van der Waals surface area contributed by atoms with Crippen LogP contribution in [0.15, 0.2) is 0 Å². The molecular weight excluding hydrogens is 276 g/mol. The molecule has 0 aliphatic heterocycles. The molecule has 0 amide bonds. The number of ether oxygens (including phenoxy) is 1. The quantitative estimate of drug-likeness (QED) is 0.327. The minimum absolute atomic E-state index is 0.0657. The normalized spacial score (nSPS) is 26.8. The largest absolute Gasteiger partial charge is 0.466 e. The molecule has 0 heterocycles. The van der Waals surface area contributed by atoms with Crippen molar-refractivity contribution in [2.24, 2.45) is 16.7 Å². The van der Waals surface area contributed by atoms with E-state index in [1.54, 1.807) is 0 Å². The summed E-state index contributed by atoms with van der Waals surface area (Å²) >= 11 is 0. The molecule has 0 aromatic heterocycles. The molecule has 1 aliphatic carbocycles. The summed E-state index contributed by atoms with van der Waals surface area (Å²) in [5, 5.41) is 0. The highest BCUT2D eigenvalue weighted by Gasteiger charge is 2.50. The van der Waals surface area contributed by atoms with Crippen molar-refractivity contribution in [2.45, 2.75) is 85.5 Å². The molecule has 0 aromatic carbocycles. The smallest absolute Gasteiger partial charge is 0.305 e. The number of unbranched alkanes of at least 4 members (excludes halogenated alkanes) is 3. The fourth-order valence-corrected chi connectivity index (χ4v) is 3.97. The molecule has 1 aliphatic rings. The Morgan fingerprint density at radius 3 is 2.50 bits per heavy atom. The SMILES string of the molecule is CCOC(=O)CCCCCC[C@H]1CC[C@@](C)(CC=O)C1(C)C. The van der Waals surface area contributed by atoms with Crippen molar-refractivity contribution in [1.82, 2.24) is 0 Å². The van der Waals surface area contributed by atoms with Gasteiger partial charge in [0.25, 0.3) is 0 Å². The van der Waals surface area contributed by atoms with Gasteiger partial charge in [-0.1, -0.05) is 40.0 Å². The summed E-state index contributed by atoms with van der Waals surface area (Å²) in [5.41, 5.74) is 0.419. The predicted octanol–water partition coefficient (Wildman–Crippen LogP) is 4.92. The Morgan fingerprint density at radius 2 is 1.86 bits per heavy atom. The molecule has 0 aromatic rings. The average Bonchev–Trinajstić information content (AvgIpc) is 2.66. The lowest BCUT2D eigenvalue weighted by molar-refractivity contribution is -0.143. The van der Waals surface area contributed by atoms with Gasteiger partial charge in [-0.3, -0.25) is 4.79 Å². The molecule has 1 saturated carbocycles. The van der Waals surface area contributed by atoms with Crippen LogP contribution >= 0.6 is 0 Å². The van der Waals surface area contributed by atoms with Crippen molar-refractivity contribution < 1.29 is 14.3 Å². The van der Waals surface area contributed by atoms with E-state index in [1.165, 1.54) is 32.1 Å². The molecule has 22 heavy (non-hydrogen) atoms. The maximum absolute atomic E-state index is 11.3. The molecule has 0 spiro atoms. The molecule has 0 saturated heterocycles. The van der Waals surface area contributed by atoms with E-state index in [0.717, 1.165) is 25.0 Å². The predicted molar refractivity (Wildman–Crippen MR) is 89.6 cm³/mol. The van der Waals surface area contributed by atoms with Gasteiger partial charge in [-0.2, -0.15) is 0 Å². The molecular formula is C19H34O3. The standard InChI is InChI=1S/C19H34O3/c1-5-22-17(21)11-9-7-6-8-10-16-12-13-19(4,14-15-20)18(16,2)3/h15-16H,5-14H2,1-4H3/t16-,19-/m0/s1. The van der Waals surface area contributed by atoms with Gasteiger partial charge < -0.3 is 9.53 Å². The summed E-state index contributed by atoms with van der Waals surface area (Å²) in [6.07, 6.45) is 10.5.